The fourth-order valence-electron chi connectivity index (χ4n) is 3.04. The molecule has 6 heteroatoms. The second-order valence-electron chi connectivity index (χ2n) is 6.90. The van der Waals surface area contributed by atoms with Gasteiger partial charge in [0, 0.05) is 18.7 Å². The lowest BCUT2D eigenvalue weighted by Crippen LogP contribution is -2.38. The van der Waals surface area contributed by atoms with Gasteiger partial charge in [-0.2, -0.15) is 0 Å². The first-order chi connectivity index (χ1) is 12.7. The molecule has 6 nitrogen and oxygen atoms in total. The number of hydrogen-bond donors (Lipinski definition) is 0. The van der Waals surface area contributed by atoms with Crippen molar-refractivity contribution < 1.29 is 23.8 Å². The molecule has 0 spiro atoms. The van der Waals surface area contributed by atoms with Crippen LogP contribution < -0.4 is 4.74 Å². The first kappa shape index (κ1) is 18.7. The summed E-state index contributed by atoms with van der Waals surface area (Å²) in [6, 6.07) is 7.08. The smallest absolute Gasteiger partial charge is 0.325 e. The van der Waals surface area contributed by atoms with Gasteiger partial charge in [0.2, 0.25) is 0 Å². The van der Waals surface area contributed by atoms with Gasteiger partial charge in [-0.3, -0.25) is 9.59 Å². The second kappa shape index (κ2) is 9.03. The summed E-state index contributed by atoms with van der Waals surface area (Å²) in [5, 5.41) is 0. The predicted octanol–water partition coefficient (Wildman–Crippen LogP) is 2.66. The highest BCUT2D eigenvalue weighted by Gasteiger charge is 2.29. The zero-order valence-electron chi connectivity index (χ0n) is 15.3. The number of esters is 1. The lowest BCUT2D eigenvalue weighted by atomic mass is 10.1. The molecule has 1 atom stereocenters. The molecule has 1 aliphatic heterocycles. The first-order valence-corrected chi connectivity index (χ1v) is 9.45. The van der Waals surface area contributed by atoms with Crippen LogP contribution in [-0.4, -0.2) is 55.8 Å². The average molecular weight is 361 g/mol. The van der Waals surface area contributed by atoms with Gasteiger partial charge in [-0.1, -0.05) is 0 Å². The lowest BCUT2D eigenvalue weighted by Gasteiger charge is -2.22. The van der Waals surface area contributed by atoms with Gasteiger partial charge >= 0.3 is 5.97 Å². The van der Waals surface area contributed by atoms with E-state index in [1.807, 2.05) is 0 Å². The monoisotopic (exact) mass is 361 g/mol. The van der Waals surface area contributed by atoms with Crippen molar-refractivity contribution in [3.05, 3.63) is 29.8 Å². The third-order valence-electron chi connectivity index (χ3n) is 4.65. The Morgan fingerprint density at radius 3 is 2.58 bits per heavy atom. The van der Waals surface area contributed by atoms with Gasteiger partial charge < -0.3 is 19.1 Å². The van der Waals surface area contributed by atoms with Crippen molar-refractivity contribution in [2.75, 3.05) is 32.9 Å². The van der Waals surface area contributed by atoms with Crippen LogP contribution in [-0.2, 0) is 14.3 Å². The summed E-state index contributed by atoms with van der Waals surface area (Å²) in [6.45, 7) is 4.03. The highest BCUT2D eigenvalue weighted by Crippen LogP contribution is 2.30. The molecule has 1 saturated heterocycles. The average Bonchev–Trinajstić information content (AvgIpc) is 3.30. The van der Waals surface area contributed by atoms with Gasteiger partial charge in [0.15, 0.2) is 0 Å². The molecule has 1 amide bonds. The van der Waals surface area contributed by atoms with E-state index in [1.54, 1.807) is 36.1 Å². The van der Waals surface area contributed by atoms with Crippen molar-refractivity contribution >= 4 is 11.9 Å². The van der Waals surface area contributed by atoms with E-state index in [4.69, 9.17) is 14.2 Å². The van der Waals surface area contributed by atoms with Crippen molar-refractivity contribution in [2.45, 2.75) is 38.7 Å². The largest absolute Gasteiger partial charge is 0.491 e. The van der Waals surface area contributed by atoms with Crippen LogP contribution in [0.2, 0.25) is 0 Å². The van der Waals surface area contributed by atoms with E-state index in [-0.39, 0.29) is 24.5 Å². The molecule has 0 N–H and O–H groups in total. The summed E-state index contributed by atoms with van der Waals surface area (Å²) in [4.78, 5) is 26.2. The first-order valence-electron chi connectivity index (χ1n) is 9.45. The SMILES string of the molecule is CCOC(=O)CN(CC1CC1)C(=O)c1ccc(OCC2CCCO2)cc1. The molecule has 26 heavy (non-hydrogen) atoms. The van der Waals surface area contributed by atoms with E-state index in [2.05, 4.69) is 0 Å². The molecule has 1 unspecified atom stereocenters. The van der Waals surface area contributed by atoms with Crippen molar-refractivity contribution in [1.29, 1.82) is 0 Å². The molecule has 1 heterocycles. The minimum absolute atomic E-state index is 0.000440. The molecule has 0 radical (unpaired) electrons. The van der Waals surface area contributed by atoms with Crippen LogP contribution in [0.5, 0.6) is 5.75 Å². The Morgan fingerprint density at radius 2 is 1.96 bits per heavy atom. The van der Waals surface area contributed by atoms with Crippen LogP contribution in [0.4, 0.5) is 0 Å². The number of rotatable bonds is 9. The van der Waals surface area contributed by atoms with Gasteiger partial charge in [0.05, 0.1) is 12.7 Å². The Labute approximate surface area is 154 Å². The Hall–Kier alpha value is -2.08. The molecule has 1 aromatic rings. The van der Waals surface area contributed by atoms with Crippen LogP contribution in [0.15, 0.2) is 24.3 Å². The summed E-state index contributed by atoms with van der Waals surface area (Å²) in [5.41, 5.74) is 0.555. The molecular weight excluding hydrogens is 334 g/mol. The molecule has 0 bridgehead atoms. The van der Waals surface area contributed by atoms with Crippen LogP contribution >= 0.6 is 0 Å². The summed E-state index contributed by atoms with van der Waals surface area (Å²) in [6.07, 6.45) is 4.50. The van der Waals surface area contributed by atoms with Gasteiger partial charge in [0.1, 0.15) is 18.9 Å². The normalized spacial score (nSPS) is 19.2. The van der Waals surface area contributed by atoms with Crippen molar-refractivity contribution in [3.63, 3.8) is 0 Å². The molecular formula is C20H27NO5. The van der Waals surface area contributed by atoms with Gasteiger partial charge in [-0.15, -0.1) is 0 Å². The highest BCUT2D eigenvalue weighted by atomic mass is 16.5. The Balaban J connectivity index is 1.57. The molecule has 3 rings (SSSR count). The van der Waals surface area contributed by atoms with Gasteiger partial charge in [0.25, 0.3) is 5.91 Å². The molecule has 2 aliphatic rings. The van der Waals surface area contributed by atoms with Crippen LogP contribution in [0.1, 0.15) is 43.0 Å². The van der Waals surface area contributed by atoms with E-state index in [0.29, 0.717) is 31.2 Å². The molecule has 1 saturated carbocycles. The maximum Gasteiger partial charge on any atom is 0.325 e. The second-order valence-corrected chi connectivity index (χ2v) is 6.90. The van der Waals surface area contributed by atoms with E-state index in [1.165, 1.54) is 0 Å². The summed E-state index contributed by atoms with van der Waals surface area (Å²) >= 11 is 0. The maximum atomic E-state index is 12.8. The quantitative estimate of drug-likeness (QED) is 0.633. The topological polar surface area (TPSA) is 65.1 Å². The van der Waals surface area contributed by atoms with E-state index < -0.39 is 0 Å². The zero-order valence-corrected chi connectivity index (χ0v) is 15.3. The number of amides is 1. The van der Waals surface area contributed by atoms with Gasteiger partial charge in [-0.25, -0.2) is 0 Å². The lowest BCUT2D eigenvalue weighted by molar-refractivity contribution is -0.143. The number of hydrogen-bond acceptors (Lipinski definition) is 5. The van der Waals surface area contributed by atoms with E-state index in [0.717, 1.165) is 38.0 Å². The fraction of sp³-hybridized carbons (Fsp3) is 0.600. The van der Waals surface area contributed by atoms with E-state index >= 15 is 0 Å². The van der Waals surface area contributed by atoms with Crippen LogP contribution in [0, 0.1) is 5.92 Å². The standard InChI is InChI=1S/C20H27NO5/c1-2-24-19(22)13-21(12-15-5-6-15)20(23)16-7-9-17(10-8-16)26-14-18-4-3-11-25-18/h7-10,15,18H,2-6,11-14H2,1H3. The minimum atomic E-state index is -0.363. The molecule has 2 fully saturated rings. The number of carbonyl (C=O) groups is 2. The number of nitrogens with zero attached hydrogens (tertiary/aromatic N) is 1. The van der Waals surface area contributed by atoms with Crippen LogP contribution in [0.3, 0.4) is 0 Å². The molecule has 1 aromatic carbocycles. The Kier molecular flexibility index (Phi) is 6.50. The fourth-order valence-corrected chi connectivity index (χ4v) is 3.04. The third kappa shape index (κ3) is 5.46. The highest BCUT2D eigenvalue weighted by molar-refractivity contribution is 5.96. The molecule has 0 aromatic heterocycles. The summed E-state index contributed by atoms with van der Waals surface area (Å²) in [5.74, 6) is 0.715. The number of benzene rings is 1. The summed E-state index contributed by atoms with van der Waals surface area (Å²) in [7, 11) is 0. The zero-order chi connectivity index (χ0) is 18.4. The van der Waals surface area contributed by atoms with Crippen molar-refractivity contribution in [3.8, 4) is 5.75 Å². The number of ether oxygens (including phenoxy) is 3. The summed E-state index contributed by atoms with van der Waals surface area (Å²) < 4.78 is 16.3. The minimum Gasteiger partial charge on any atom is -0.491 e. The predicted molar refractivity (Wildman–Crippen MR) is 96.2 cm³/mol. The Bertz CT molecular complexity index is 605. The number of carbonyl (C=O) groups excluding carboxylic acids is 2. The van der Waals surface area contributed by atoms with Gasteiger partial charge in [-0.05, 0) is 62.8 Å². The van der Waals surface area contributed by atoms with Crippen molar-refractivity contribution in [2.24, 2.45) is 5.92 Å². The Morgan fingerprint density at radius 1 is 1.19 bits per heavy atom. The van der Waals surface area contributed by atoms with Crippen molar-refractivity contribution in [1.82, 2.24) is 4.90 Å². The third-order valence-corrected chi connectivity index (χ3v) is 4.65. The van der Waals surface area contributed by atoms with Crippen LogP contribution in [0.25, 0.3) is 0 Å². The molecule has 142 valence electrons. The molecule has 1 aliphatic carbocycles. The maximum absolute atomic E-state index is 12.8. The van der Waals surface area contributed by atoms with E-state index in [9.17, 15) is 9.59 Å².